The Hall–Kier alpha value is -3.24. The molecule has 1 amide bonds. The first-order valence-corrected chi connectivity index (χ1v) is 10.5. The molecule has 10 heteroatoms. The average molecular weight is 516 g/mol. The number of hydrogen-bond acceptors (Lipinski definition) is 6. The number of benzene rings is 2. The fourth-order valence-electron chi connectivity index (χ4n) is 4.05. The van der Waals surface area contributed by atoms with Crippen molar-refractivity contribution in [3.63, 3.8) is 0 Å². The van der Waals surface area contributed by atoms with Gasteiger partial charge in [0.1, 0.15) is 6.33 Å². The number of phenolic OH excluding ortho intramolecular Hbond substituents is 1. The number of halogens is 1. The predicted molar refractivity (Wildman–Crippen MR) is 130 cm³/mol. The Bertz CT molecular complexity index is 1110. The van der Waals surface area contributed by atoms with Crippen LogP contribution in [0.2, 0.25) is 0 Å². The first kappa shape index (κ1) is 24.4. The molecule has 33 heavy (non-hydrogen) atoms. The SMILES string of the molecule is Br.CN(C(=O)n1cnc(-c2ccc(O)c([N+](=O)[O-])c2)c1)C1CCN(Cc2ccccc2)CC1. The summed E-state index contributed by atoms with van der Waals surface area (Å²) in [6, 6.07) is 14.3. The van der Waals surface area contributed by atoms with E-state index in [1.54, 1.807) is 18.1 Å². The normalized spacial score (nSPS) is 14.5. The maximum absolute atomic E-state index is 13.0. The summed E-state index contributed by atoms with van der Waals surface area (Å²) < 4.78 is 1.39. The van der Waals surface area contributed by atoms with E-state index in [2.05, 4.69) is 22.0 Å². The summed E-state index contributed by atoms with van der Waals surface area (Å²) in [5, 5.41) is 20.7. The van der Waals surface area contributed by atoms with Crippen LogP contribution in [0.25, 0.3) is 11.3 Å². The summed E-state index contributed by atoms with van der Waals surface area (Å²) in [4.78, 5) is 31.8. The average Bonchev–Trinajstić information content (AvgIpc) is 3.30. The number of piperidine rings is 1. The zero-order chi connectivity index (χ0) is 22.7. The second kappa shape index (κ2) is 10.6. The van der Waals surface area contributed by atoms with Crippen molar-refractivity contribution in [1.29, 1.82) is 0 Å². The fraction of sp³-hybridized carbons (Fsp3) is 0.304. The van der Waals surface area contributed by atoms with Crippen molar-refractivity contribution in [2.45, 2.75) is 25.4 Å². The number of imidazole rings is 1. The molecule has 0 bridgehead atoms. The second-order valence-electron chi connectivity index (χ2n) is 8.01. The number of aromatic nitrogens is 2. The van der Waals surface area contributed by atoms with Crippen LogP contribution in [0.4, 0.5) is 10.5 Å². The lowest BCUT2D eigenvalue weighted by atomic mass is 10.0. The molecule has 0 aliphatic carbocycles. The minimum atomic E-state index is -0.654. The molecule has 1 aromatic heterocycles. The van der Waals surface area contributed by atoms with Crippen molar-refractivity contribution in [1.82, 2.24) is 19.4 Å². The van der Waals surface area contributed by atoms with Gasteiger partial charge in [0.15, 0.2) is 5.75 Å². The number of rotatable bonds is 5. The molecule has 1 aliphatic rings. The molecule has 1 N–H and O–H groups in total. The van der Waals surface area contributed by atoms with Gasteiger partial charge in [-0.2, -0.15) is 0 Å². The molecule has 3 aromatic rings. The highest BCUT2D eigenvalue weighted by Crippen LogP contribution is 2.30. The fourth-order valence-corrected chi connectivity index (χ4v) is 4.05. The summed E-state index contributed by atoms with van der Waals surface area (Å²) in [5.74, 6) is -0.410. The minimum Gasteiger partial charge on any atom is -0.502 e. The first-order valence-electron chi connectivity index (χ1n) is 10.5. The van der Waals surface area contributed by atoms with Crippen molar-refractivity contribution in [3.8, 4) is 17.0 Å². The quantitative estimate of drug-likeness (QED) is 0.401. The second-order valence-corrected chi connectivity index (χ2v) is 8.01. The lowest BCUT2D eigenvalue weighted by Crippen LogP contribution is -2.46. The van der Waals surface area contributed by atoms with Crippen LogP contribution in [0, 0.1) is 10.1 Å². The molecule has 0 atom stereocenters. The van der Waals surface area contributed by atoms with Gasteiger partial charge >= 0.3 is 11.7 Å². The third-order valence-electron chi connectivity index (χ3n) is 5.93. The van der Waals surface area contributed by atoms with Crippen LogP contribution in [0.3, 0.4) is 0 Å². The van der Waals surface area contributed by atoms with Crippen LogP contribution in [0.15, 0.2) is 61.1 Å². The van der Waals surface area contributed by atoms with E-state index >= 15 is 0 Å². The van der Waals surface area contributed by atoms with Crippen molar-refractivity contribution in [3.05, 3.63) is 76.7 Å². The number of aromatic hydroxyl groups is 1. The van der Waals surface area contributed by atoms with Crippen molar-refractivity contribution >= 4 is 28.7 Å². The highest BCUT2D eigenvalue weighted by Gasteiger charge is 2.26. The molecule has 1 saturated heterocycles. The highest BCUT2D eigenvalue weighted by molar-refractivity contribution is 8.93. The lowest BCUT2D eigenvalue weighted by Gasteiger charge is -2.36. The maximum Gasteiger partial charge on any atom is 0.329 e. The van der Waals surface area contributed by atoms with Crippen molar-refractivity contribution in [2.75, 3.05) is 20.1 Å². The smallest absolute Gasteiger partial charge is 0.329 e. The van der Waals surface area contributed by atoms with Crippen molar-refractivity contribution in [2.24, 2.45) is 0 Å². The van der Waals surface area contributed by atoms with Gasteiger partial charge in [0.25, 0.3) is 0 Å². The van der Waals surface area contributed by atoms with Gasteiger partial charge in [-0.25, -0.2) is 9.78 Å². The summed E-state index contributed by atoms with van der Waals surface area (Å²) in [6.07, 6.45) is 4.75. The number of likely N-dealkylation sites (tertiary alicyclic amines) is 1. The molecule has 0 unspecified atom stereocenters. The number of hydrogen-bond donors (Lipinski definition) is 1. The molecule has 2 heterocycles. The summed E-state index contributed by atoms with van der Waals surface area (Å²) in [6.45, 7) is 2.75. The van der Waals surface area contributed by atoms with E-state index in [-0.39, 0.29) is 29.1 Å². The summed E-state index contributed by atoms with van der Waals surface area (Å²) in [7, 11) is 1.80. The van der Waals surface area contributed by atoms with Gasteiger partial charge in [-0.15, -0.1) is 17.0 Å². The van der Waals surface area contributed by atoms with Crippen LogP contribution < -0.4 is 0 Å². The monoisotopic (exact) mass is 515 g/mol. The van der Waals surface area contributed by atoms with Crippen LogP contribution in [-0.2, 0) is 6.54 Å². The van der Waals surface area contributed by atoms with E-state index in [9.17, 15) is 20.0 Å². The lowest BCUT2D eigenvalue weighted by molar-refractivity contribution is -0.385. The van der Waals surface area contributed by atoms with E-state index in [0.717, 1.165) is 32.5 Å². The zero-order valence-electron chi connectivity index (χ0n) is 18.2. The molecule has 1 fully saturated rings. The molecular weight excluding hydrogens is 490 g/mol. The Morgan fingerprint density at radius 3 is 2.58 bits per heavy atom. The van der Waals surface area contributed by atoms with Gasteiger partial charge in [-0.3, -0.25) is 19.6 Å². The molecule has 9 nitrogen and oxygen atoms in total. The minimum absolute atomic E-state index is 0. The number of amides is 1. The Kier molecular flexibility index (Phi) is 7.83. The molecule has 174 valence electrons. The Morgan fingerprint density at radius 2 is 1.91 bits per heavy atom. The van der Waals surface area contributed by atoms with Gasteiger partial charge in [-0.1, -0.05) is 30.3 Å². The van der Waals surface area contributed by atoms with Crippen LogP contribution >= 0.6 is 17.0 Å². The number of nitro groups is 1. The van der Waals surface area contributed by atoms with E-state index < -0.39 is 16.4 Å². The van der Waals surface area contributed by atoms with Crippen molar-refractivity contribution < 1.29 is 14.8 Å². The largest absolute Gasteiger partial charge is 0.502 e. The van der Waals surface area contributed by atoms with Gasteiger partial charge < -0.3 is 10.0 Å². The third kappa shape index (κ3) is 5.58. The molecule has 2 aromatic carbocycles. The topological polar surface area (TPSA) is 105 Å². The third-order valence-corrected chi connectivity index (χ3v) is 5.93. The van der Waals surface area contributed by atoms with E-state index in [4.69, 9.17) is 0 Å². The Labute approximate surface area is 202 Å². The number of phenols is 1. The van der Waals surface area contributed by atoms with Gasteiger partial charge in [0.05, 0.1) is 10.6 Å². The maximum atomic E-state index is 13.0. The van der Waals surface area contributed by atoms with E-state index in [0.29, 0.717) is 11.3 Å². The molecule has 0 saturated carbocycles. The Balaban J connectivity index is 0.00000306. The number of nitrogens with zero attached hydrogens (tertiary/aromatic N) is 5. The molecule has 4 rings (SSSR count). The predicted octanol–water partition coefficient (Wildman–Crippen LogP) is 4.31. The van der Waals surface area contributed by atoms with Crippen LogP contribution in [0.5, 0.6) is 5.75 Å². The zero-order valence-corrected chi connectivity index (χ0v) is 19.9. The van der Waals surface area contributed by atoms with Gasteiger partial charge in [-0.05, 0) is 30.5 Å². The van der Waals surface area contributed by atoms with E-state index in [1.807, 2.05) is 18.2 Å². The van der Waals surface area contributed by atoms with Gasteiger partial charge in [0.2, 0.25) is 0 Å². The molecule has 0 radical (unpaired) electrons. The molecule has 0 spiro atoms. The molecule has 1 aliphatic heterocycles. The summed E-state index contributed by atoms with van der Waals surface area (Å²) >= 11 is 0. The molecular formula is C23H26BrN5O4. The van der Waals surface area contributed by atoms with E-state index in [1.165, 1.54) is 34.7 Å². The van der Waals surface area contributed by atoms with Crippen LogP contribution in [-0.4, -0.2) is 61.6 Å². The standard InChI is InChI=1S/C23H25N5O4.BrH/c1-25(19-9-11-26(12-10-19)14-17-5-3-2-4-6-17)23(30)27-15-20(24-16-27)18-7-8-22(29)21(13-18)28(31)32;/h2-8,13,15-16,19,29H,9-12,14H2,1H3;1H. The Morgan fingerprint density at radius 1 is 1.21 bits per heavy atom. The number of carbonyl (C=O) groups excluding carboxylic acids is 1. The number of nitro benzene ring substituents is 1. The van der Waals surface area contributed by atoms with Crippen LogP contribution in [0.1, 0.15) is 18.4 Å². The first-order chi connectivity index (χ1) is 15.4. The number of carbonyl (C=O) groups is 1. The highest BCUT2D eigenvalue weighted by atomic mass is 79.9. The summed E-state index contributed by atoms with van der Waals surface area (Å²) in [5.41, 5.74) is 1.77. The van der Waals surface area contributed by atoms with Gasteiger partial charge in [0, 0.05) is 50.6 Å².